The van der Waals surface area contributed by atoms with Crippen LogP contribution in [0.1, 0.15) is 65.2 Å². The average Bonchev–Trinajstić information content (AvgIpc) is 2.58. The molecule has 0 aromatic rings. The maximum atomic E-state index is 4.27. The molecular formula is C16H31N2+. The predicted octanol–water partition coefficient (Wildman–Crippen LogP) is 3.27. The van der Waals surface area contributed by atoms with Gasteiger partial charge in [-0.3, -0.25) is 0 Å². The van der Waals surface area contributed by atoms with Crippen molar-refractivity contribution in [2.24, 2.45) is 5.92 Å². The van der Waals surface area contributed by atoms with Crippen molar-refractivity contribution in [1.82, 2.24) is 10.2 Å². The molecule has 2 nitrogen and oxygen atoms in total. The van der Waals surface area contributed by atoms with Gasteiger partial charge in [0.2, 0.25) is 0 Å². The Morgan fingerprint density at radius 2 is 1.67 bits per heavy atom. The summed E-state index contributed by atoms with van der Waals surface area (Å²) >= 11 is 0. The second kappa shape index (κ2) is 6.91. The first-order valence-electron chi connectivity index (χ1n) is 8.11. The van der Waals surface area contributed by atoms with Gasteiger partial charge in [0.05, 0.1) is 6.42 Å². The van der Waals surface area contributed by atoms with E-state index in [0.717, 1.165) is 19.0 Å². The van der Waals surface area contributed by atoms with Gasteiger partial charge in [0.1, 0.15) is 18.6 Å². The van der Waals surface area contributed by atoms with Crippen LogP contribution in [-0.2, 0) is 0 Å². The van der Waals surface area contributed by atoms with Gasteiger partial charge >= 0.3 is 0 Å². The summed E-state index contributed by atoms with van der Waals surface area (Å²) in [5, 5.41) is 4.27. The Kier molecular flexibility index (Phi) is 5.50. The molecular weight excluding hydrogens is 220 g/mol. The summed E-state index contributed by atoms with van der Waals surface area (Å²) in [5.41, 5.74) is 0.689. The quantitative estimate of drug-likeness (QED) is 0.671. The zero-order valence-electron chi connectivity index (χ0n) is 12.5. The molecule has 3 aliphatic heterocycles. The molecule has 2 heteroatoms. The first-order valence-corrected chi connectivity index (χ1v) is 8.11. The zero-order chi connectivity index (χ0) is 12.8. The van der Waals surface area contributed by atoms with Gasteiger partial charge in [-0.05, 0) is 18.8 Å². The molecule has 0 aromatic heterocycles. The van der Waals surface area contributed by atoms with Gasteiger partial charge in [0.25, 0.3) is 0 Å². The van der Waals surface area contributed by atoms with Crippen LogP contribution in [0.3, 0.4) is 0 Å². The van der Waals surface area contributed by atoms with Crippen molar-refractivity contribution in [2.45, 2.75) is 70.8 Å². The highest BCUT2D eigenvalue weighted by Gasteiger charge is 2.57. The Morgan fingerprint density at radius 1 is 0.944 bits per heavy atom. The lowest BCUT2D eigenvalue weighted by Crippen LogP contribution is -2.60. The van der Waals surface area contributed by atoms with Crippen LogP contribution >= 0.6 is 0 Å². The molecule has 3 fully saturated rings. The fourth-order valence-electron chi connectivity index (χ4n) is 3.82. The summed E-state index contributed by atoms with van der Waals surface area (Å²) in [5.74, 6) is 0.885. The molecule has 0 saturated carbocycles. The molecule has 18 heavy (non-hydrogen) atoms. The highest BCUT2D eigenvalue weighted by molar-refractivity contribution is 5.07. The summed E-state index contributed by atoms with van der Waals surface area (Å²) in [6.45, 7) is 9.71. The molecule has 3 heterocycles. The molecule has 0 N–H and O–H groups in total. The fourth-order valence-corrected chi connectivity index (χ4v) is 3.82. The van der Waals surface area contributed by atoms with E-state index < -0.39 is 0 Å². The monoisotopic (exact) mass is 251 g/mol. The van der Waals surface area contributed by atoms with Crippen LogP contribution in [0.4, 0.5) is 0 Å². The van der Waals surface area contributed by atoms with E-state index in [0.29, 0.717) is 5.54 Å². The maximum Gasteiger partial charge on any atom is 0.148 e. The lowest BCUT2D eigenvalue weighted by atomic mass is 9.78. The molecule has 0 bridgehead atoms. The van der Waals surface area contributed by atoms with E-state index in [9.17, 15) is 0 Å². The highest BCUT2D eigenvalue weighted by Crippen LogP contribution is 2.42. The Bertz CT molecular complexity index is 220. The third-order valence-electron chi connectivity index (χ3n) is 4.76. The van der Waals surface area contributed by atoms with E-state index >= 15 is 0 Å². The Hall–Kier alpha value is -0.0800. The van der Waals surface area contributed by atoms with Gasteiger partial charge < -0.3 is 0 Å². The smallest absolute Gasteiger partial charge is 0.148 e. The Morgan fingerprint density at radius 3 is 2.17 bits per heavy atom. The molecule has 3 aliphatic rings. The van der Waals surface area contributed by atoms with E-state index in [-0.39, 0.29) is 0 Å². The van der Waals surface area contributed by atoms with Crippen molar-refractivity contribution < 1.29 is 0 Å². The van der Waals surface area contributed by atoms with Gasteiger partial charge in [-0.25, -0.2) is 5.32 Å². The van der Waals surface area contributed by atoms with Crippen molar-refractivity contribution in [1.29, 1.82) is 0 Å². The minimum Gasteiger partial charge on any atom is -0.242 e. The first-order chi connectivity index (χ1) is 8.73. The maximum absolute atomic E-state index is 4.27. The van der Waals surface area contributed by atoms with Crippen LogP contribution in [0.2, 0.25) is 0 Å². The minimum atomic E-state index is 0.689. The number of hydrogen-bond donors (Lipinski definition) is 0. The lowest BCUT2D eigenvalue weighted by molar-refractivity contribution is 0.0964. The summed E-state index contributed by atoms with van der Waals surface area (Å²) in [6, 6.07) is 0. The van der Waals surface area contributed by atoms with Crippen LogP contribution in [0, 0.1) is 5.92 Å². The number of hydrogen-bond acceptors (Lipinski definition) is 1. The molecule has 104 valence electrons. The number of nitrogens with zero attached hydrogens (tertiary/aromatic N) is 2. The molecule has 0 aliphatic carbocycles. The van der Waals surface area contributed by atoms with E-state index in [1.807, 2.05) is 0 Å². The van der Waals surface area contributed by atoms with Gasteiger partial charge in [0.15, 0.2) is 0 Å². The fraction of sp³-hybridized carbons (Fsp3) is 1.00. The summed E-state index contributed by atoms with van der Waals surface area (Å²) in [6.07, 6.45) is 11.3. The Labute approximate surface area is 114 Å². The average molecular weight is 251 g/mol. The SMILES string of the molecule is C1CCC[N]CC1.CC(C)CC12CCC[N+]1CC2. The van der Waals surface area contributed by atoms with Crippen LogP contribution in [0.25, 0.3) is 0 Å². The number of fused-ring (bicyclic) bond motifs is 1. The topological polar surface area (TPSA) is 20.0 Å². The van der Waals surface area contributed by atoms with Crippen LogP contribution in [0.5, 0.6) is 0 Å². The van der Waals surface area contributed by atoms with Gasteiger partial charge in [-0.15, -0.1) is 0 Å². The first kappa shape index (κ1) is 14.3. The molecule has 3 saturated heterocycles. The lowest BCUT2D eigenvalue weighted by Gasteiger charge is -2.39. The molecule has 0 spiro atoms. The molecule has 3 rings (SSSR count). The third-order valence-corrected chi connectivity index (χ3v) is 4.76. The standard InChI is InChI=1S/C10H19N.C6H12N/c1-9(2)8-10-4-3-6-11(10)7-5-10;1-2-4-6-7-5-3-1/h9H,3-8H2,1-2H3;1-6H2/q+1;. The van der Waals surface area contributed by atoms with E-state index in [1.54, 1.807) is 0 Å². The second-order valence-electron chi connectivity index (χ2n) is 6.75. The molecule has 1 atom stereocenters. The van der Waals surface area contributed by atoms with Crippen LogP contribution in [0.15, 0.2) is 0 Å². The van der Waals surface area contributed by atoms with Gasteiger partial charge in [-0.1, -0.05) is 26.7 Å². The molecule has 0 amide bonds. The van der Waals surface area contributed by atoms with E-state index in [1.165, 1.54) is 64.5 Å². The summed E-state index contributed by atoms with van der Waals surface area (Å²) < 4.78 is 0. The van der Waals surface area contributed by atoms with E-state index in [4.69, 9.17) is 0 Å². The van der Waals surface area contributed by atoms with Gasteiger partial charge in [-0.2, -0.15) is 4.90 Å². The van der Waals surface area contributed by atoms with Crippen molar-refractivity contribution in [2.75, 3.05) is 26.2 Å². The van der Waals surface area contributed by atoms with E-state index in [2.05, 4.69) is 24.1 Å². The van der Waals surface area contributed by atoms with Crippen molar-refractivity contribution in [3.05, 3.63) is 0 Å². The van der Waals surface area contributed by atoms with Crippen LogP contribution in [-0.4, -0.2) is 31.7 Å². The van der Waals surface area contributed by atoms with Crippen molar-refractivity contribution in [3.8, 4) is 0 Å². The highest BCUT2D eigenvalue weighted by atomic mass is 15.3. The van der Waals surface area contributed by atoms with Gasteiger partial charge in [0, 0.05) is 32.4 Å². The summed E-state index contributed by atoms with van der Waals surface area (Å²) in [7, 11) is 0. The molecule has 2 radical (unpaired) electrons. The van der Waals surface area contributed by atoms with Crippen molar-refractivity contribution in [3.63, 3.8) is 0 Å². The number of rotatable bonds is 2. The molecule has 1 unspecified atom stereocenters. The van der Waals surface area contributed by atoms with Crippen molar-refractivity contribution >= 4 is 0 Å². The zero-order valence-corrected chi connectivity index (χ0v) is 12.5. The summed E-state index contributed by atoms with van der Waals surface area (Å²) in [4.78, 5) is 2.70. The minimum absolute atomic E-state index is 0.689. The third kappa shape index (κ3) is 3.71. The largest absolute Gasteiger partial charge is 0.242 e. The normalized spacial score (nSPS) is 32.2. The Balaban J connectivity index is 0.000000149. The predicted molar refractivity (Wildman–Crippen MR) is 78.2 cm³/mol. The molecule has 0 aromatic carbocycles. The second-order valence-corrected chi connectivity index (χ2v) is 6.75. The van der Waals surface area contributed by atoms with Crippen LogP contribution < -0.4 is 10.2 Å².